The number of nitrogens with one attached hydrogen (secondary N) is 1. The summed E-state index contributed by atoms with van der Waals surface area (Å²) >= 11 is 0. The summed E-state index contributed by atoms with van der Waals surface area (Å²) in [4.78, 5) is 13.1. The van der Waals surface area contributed by atoms with Gasteiger partial charge < -0.3 is 9.73 Å². The fraction of sp³-hybridized carbons (Fsp3) is 0.0909. The lowest BCUT2D eigenvalue weighted by Crippen LogP contribution is -2.20. The van der Waals surface area contributed by atoms with Crippen LogP contribution in [-0.2, 0) is 17.1 Å². The van der Waals surface area contributed by atoms with E-state index in [0.717, 1.165) is 4.68 Å². The predicted octanol–water partition coefficient (Wildman–Crippen LogP) is 5.61. The van der Waals surface area contributed by atoms with Crippen LogP contribution in [0.3, 0.4) is 0 Å². The zero-order valence-electron chi connectivity index (χ0n) is 17.3. The second-order valence-electron chi connectivity index (χ2n) is 7.07. The van der Waals surface area contributed by atoms with Gasteiger partial charge in [0.1, 0.15) is 11.5 Å². The number of hydrogen-bond acceptors (Lipinski definition) is 5. The molecule has 0 aliphatic rings. The molecule has 180 valence electrons. The van der Waals surface area contributed by atoms with Gasteiger partial charge in [0.05, 0.1) is 17.4 Å². The van der Waals surface area contributed by atoms with E-state index in [1.165, 1.54) is 24.5 Å². The molecular weight excluding hydrogens is 480 g/mol. The third-order valence-electron chi connectivity index (χ3n) is 4.63. The van der Waals surface area contributed by atoms with Crippen molar-refractivity contribution in [1.82, 2.24) is 20.2 Å². The summed E-state index contributed by atoms with van der Waals surface area (Å²) in [5.41, 5.74) is -3.71. The van der Waals surface area contributed by atoms with E-state index in [0.29, 0.717) is 17.7 Å². The van der Waals surface area contributed by atoms with Crippen LogP contribution in [0.5, 0.6) is 0 Å². The molecule has 13 heteroatoms. The van der Waals surface area contributed by atoms with Crippen LogP contribution in [-0.4, -0.2) is 26.1 Å². The Labute approximate surface area is 192 Å². The molecule has 0 aliphatic carbocycles. The molecule has 4 rings (SSSR count). The van der Waals surface area contributed by atoms with E-state index in [4.69, 9.17) is 4.42 Å². The number of hydrogen-bond donors (Lipinski definition) is 1. The van der Waals surface area contributed by atoms with E-state index in [-0.39, 0.29) is 23.3 Å². The van der Waals surface area contributed by atoms with Crippen molar-refractivity contribution in [3.8, 4) is 11.4 Å². The molecule has 0 unspecified atom stereocenters. The van der Waals surface area contributed by atoms with Crippen LogP contribution in [0, 0.1) is 0 Å². The summed E-state index contributed by atoms with van der Waals surface area (Å²) < 4.78 is 85.5. The van der Waals surface area contributed by atoms with Gasteiger partial charge in [-0.3, -0.25) is 4.79 Å². The molecule has 0 saturated heterocycles. The Morgan fingerprint density at radius 3 is 2.14 bits per heavy atom. The number of carbonyl (C=O) groups excluding carboxylic acids is 1. The molecule has 0 aliphatic heterocycles. The summed E-state index contributed by atoms with van der Waals surface area (Å²) in [5, 5.41) is 13.3. The zero-order chi connectivity index (χ0) is 25.2. The topological polar surface area (TPSA) is 85.8 Å². The van der Waals surface area contributed by atoms with Crippen molar-refractivity contribution in [3.63, 3.8) is 0 Å². The molecule has 1 amide bonds. The van der Waals surface area contributed by atoms with Crippen LogP contribution >= 0.6 is 0 Å². The molecule has 0 fully saturated rings. The van der Waals surface area contributed by atoms with Crippen molar-refractivity contribution in [2.45, 2.75) is 12.4 Å². The minimum Gasteiger partial charge on any atom is -0.465 e. The highest BCUT2D eigenvalue weighted by Crippen LogP contribution is 2.37. The first-order chi connectivity index (χ1) is 16.5. The number of tetrazole rings is 1. The molecule has 7 nitrogen and oxygen atoms in total. The molecule has 2 aromatic carbocycles. The second kappa shape index (κ2) is 9.08. The van der Waals surface area contributed by atoms with Crippen molar-refractivity contribution in [3.05, 3.63) is 83.8 Å². The Balaban J connectivity index is 1.78. The van der Waals surface area contributed by atoms with E-state index >= 15 is 0 Å². The quantitative estimate of drug-likeness (QED) is 0.289. The normalized spacial score (nSPS) is 12.6. The maximum Gasteiger partial charge on any atom is 0.416 e. The average Bonchev–Trinajstić information content (AvgIpc) is 3.48. The van der Waals surface area contributed by atoms with Gasteiger partial charge >= 0.3 is 12.4 Å². The first-order valence-electron chi connectivity index (χ1n) is 9.72. The van der Waals surface area contributed by atoms with Crippen LogP contribution in [0.2, 0.25) is 0 Å². The molecule has 0 saturated carbocycles. The number of alkyl halides is 6. The fourth-order valence-corrected chi connectivity index (χ4v) is 3.07. The number of benzene rings is 2. The Morgan fingerprint density at radius 1 is 0.914 bits per heavy atom. The Morgan fingerprint density at radius 2 is 1.57 bits per heavy atom. The minimum absolute atomic E-state index is 0.0376. The van der Waals surface area contributed by atoms with E-state index in [1.807, 2.05) is 0 Å². The fourth-order valence-electron chi connectivity index (χ4n) is 3.07. The lowest BCUT2D eigenvalue weighted by atomic mass is 10.1. The first-order valence-corrected chi connectivity index (χ1v) is 9.72. The lowest BCUT2D eigenvalue weighted by molar-refractivity contribution is -0.143. The largest absolute Gasteiger partial charge is 0.465 e. The molecular formula is C22H13F6N5O2. The highest BCUT2D eigenvalue weighted by molar-refractivity contribution is 6.24. The zero-order valence-corrected chi connectivity index (χ0v) is 17.3. The van der Waals surface area contributed by atoms with Crippen molar-refractivity contribution >= 4 is 23.4 Å². The van der Waals surface area contributed by atoms with Gasteiger partial charge in [0.25, 0.3) is 5.91 Å². The SMILES string of the molecule is O=C(Nc1cc(C(F)(F)F)cc(C(F)(F)F)c1)C(=Cc1ccco1)n1nnnc1-c1ccccc1. The second-order valence-corrected chi connectivity index (χ2v) is 7.07. The molecule has 2 aromatic heterocycles. The van der Waals surface area contributed by atoms with Gasteiger partial charge in [0, 0.05) is 17.3 Å². The number of furan rings is 1. The molecule has 0 spiro atoms. The van der Waals surface area contributed by atoms with Gasteiger partial charge in [-0.15, -0.1) is 5.10 Å². The van der Waals surface area contributed by atoms with Gasteiger partial charge in [-0.2, -0.15) is 31.0 Å². The van der Waals surface area contributed by atoms with Gasteiger partial charge in [0.2, 0.25) is 0 Å². The summed E-state index contributed by atoms with van der Waals surface area (Å²) in [6, 6.07) is 12.1. The third-order valence-corrected chi connectivity index (χ3v) is 4.63. The molecule has 1 N–H and O–H groups in total. The number of carbonyl (C=O) groups is 1. The average molecular weight is 493 g/mol. The number of anilines is 1. The van der Waals surface area contributed by atoms with Crippen LogP contribution in [0.25, 0.3) is 23.2 Å². The summed E-state index contributed by atoms with van der Waals surface area (Å²) in [6.07, 6.45) is -7.66. The smallest absolute Gasteiger partial charge is 0.416 e. The number of nitrogens with zero attached hydrogens (tertiary/aromatic N) is 4. The first kappa shape index (κ1) is 23.7. The van der Waals surface area contributed by atoms with Gasteiger partial charge in [0.15, 0.2) is 5.82 Å². The number of amides is 1. The molecule has 0 atom stereocenters. The molecule has 4 aromatic rings. The lowest BCUT2D eigenvalue weighted by Gasteiger charge is -2.15. The Kier molecular flexibility index (Phi) is 6.16. The molecule has 0 bridgehead atoms. The van der Waals surface area contributed by atoms with Gasteiger partial charge in [-0.05, 0) is 40.8 Å². The van der Waals surface area contributed by atoms with Crippen LogP contribution in [0.15, 0.2) is 71.3 Å². The van der Waals surface area contributed by atoms with Gasteiger partial charge in [-0.25, -0.2) is 0 Å². The summed E-state index contributed by atoms with van der Waals surface area (Å²) in [7, 11) is 0. The Bertz CT molecular complexity index is 1330. The minimum atomic E-state index is -5.08. The van der Waals surface area contributed by atoms with E-state index < -0.39 is 35.1 Å². The molecule has 2 heterocycles. The highest BCUT2D eigenvalue weighted by Gasteiger charge is 2.37. The van der Waals surface area contributed by atoms with Crippen molar-refractivity contribution in [2.24, 2.45) is 0 Å². The molecule has 35 heavy (non-hydrogen) atoms. The number of aromatic nitrogens is 4. The van der Waals surface area contributed by atoms with Crippen molar-refractivity contribution in [2.75, 3.05) is 5.32 Å². The van der Waals surface area contributed by atoms with Crippen LogP contribution < -0.4 is 5.32 Å². The van der Waals surface area contributed by atoms with E-state index in [2.05, 4.69) is 20.8 Å². The highest BCUT2D eigenvalue weighted by atomic mass is 19.4. The van der Waals surface area contributed by atoms with Crippen LogP contribution in [0.1, 0.15) is 16.9 Å². The predicted molar refractivity (Wildman–Crippen MR) is 111 cm³/mol. The van der Waals surface area contributed by atoms with E-state index in [1.54, 1.807) is 30.3 Å². The maximum absolute atomic E-state index is 13.2. The number of rotatable bonds is 5. The monoisotopic (exact) mass is 493 g/mol. The standard InChI is InChI=1S/C22H13F6N5O2/c23-21(24,25)14-9-15(22(26,27)28)11-16(10-14)29-20(34)18(12-17-7-4-8-35-17)33-19(30-31-32-33)13-5-2-1-3-6-13/h1-12H,(H,29,34). The van der Waals surface area contributed by atoms with Gasteiger partial charge in [-0.1, -0.05) is 30.3 Å². The summed E-state index contributed by atoms with van der Waals surface area (Å²) in [5.74, 6) is -0.832. The van der Waals surface area contributed by atoms with E-state index in [9.17, 15) is 31.1 Å². The van der Waals surface area contributed by atoms with Crippen molar-refractivity contribution < 1.29 is 35.6 Å². The molecule has 0 radical (unpaired) electrons. The Hall–Kier alpha value is -4.42. The van der Waals surface area contributed by atoms with Crippen molar-refractivity contribution in [1.29, 1.82) is 0 Å². The third kappa shape index (κ3) is 5.39. The van der Waals surface area contributed by atoms with Crippen LogP contribution in [0.4, 0.5) is 32.0 Å². The summed E-state index contributed by atoms with van der Waals surface area (Å²) in [6.45, 7) is 0. The number of halogens is 6. The maximum atomic E-state index is 13.2.